The second kappa shape index (κ2) is 28.3. The van der Waals surface area contributed by atoms with Crippen molar-refractivity contribution in [2.75, 3.05) is 26.3 Å². The van der Waals surface area contributed by atoms with E-state index in [1.165, 1.54) is 0 Å². The van der Waals surface area contributed by atoms with Gasteiger partial charge >= 0.3 is 5.97 Å². The molecule has 332 valence electrons. The van der Waals surface area contributed by atoms with E-state index in [1.54, 1.807) is 20.8 Å². The molecule has 0 aliphatic rings. The summed E-state index contributed by atoms with van der Waals surface area (Å²) < 4.78 is 0. The zero-order valence-corrected chi connectivity index (χ0v) is 33.8. The molecule has 0 heterocycles. The van der Waals surface area contributed by atoms with Gasteiger partial charge in [0.05, 0.1) is 19.3 Å². The molecule has 0 aromatic heterocycles. The average Bonchev–Trinajstić information content (AvgIpc) is 3.16. The summed E-state index contributed by atoms with van der Waals surface area (Å²) in [6.45, 7) is 5.51. The summed E-state index contributed by atoms with van der Waals surface area (Å²) in [6.07, 6.45) is 1.03. The molecule has 0 aliphatic heterocycles. The summed E-state index contributed by atoms with van der Waals surface area (Å²) >= 11 is 0. The van der Waals surface area contributed by atoms with Crippen LogP contribution in [0.2, 0.25) is 0 Å². The lowest BCUT2D eigenvalue weighted by atomic mass is 9.98. The van der Waals surface area contributed by atoms with Gasteiger partial charge in [-0.2, -0.15) is 0 Å². The fourth-order valence-corrected chi connectivity index (χ4v) is 5.31. The lowest BCUT2D eigenvalue weighted by Gasteiger charge is -2.27. The number of hydrogen-bond acceptors (Lipinski definition) is 13. The van der Waals surface area contributed by atoms with E-state index in [1.807, 2.05) is 6.92 Å². The fraction of sp³-hybridized carbons (Fsp3) is 0.743. The first kappa shape index (κ1) is 52.9. The Morgan fingerprint density at radius 3 is 1.48 bits per heavy atom. The highest BCUT2D eigenvalue weighted by Gasteiger charge is 2.34. The van der Waals surface area contributed by atoms with Crippen molar-refractivity contribution in [2.45, 2.75) is 128 Å². The zero-order valence-electron chi connectivity index (χ0n) is 33.8. The number of carboxylic acid groups (broad SMARTS) is 1. The maximum Gasteiger partial charge on any atom is 0.326 e. The number of primary amides is 1. The minimum absolute atomic E-state index is 0.0266. The predicted molar refractivity (Wildman–Crippen MR) is 212 cm³/mol. The number of carbonyl (C=O) groups excluding carboxylic acids is 7. The van der Waals surface area contributed by atoms with Gasteiger partial charge in [-0.1, -0.05) is 34.1 Å². The number of amides is 7. The SMILES string of the molecule is CC[C@H](C)[C@H](N)C(=O)N[C@@H](CCCCN)C(=O)N[C@@H](CCC(N)=O)C(=O)N[C@@H](CO)C(=O)N[C@@H](CC(C)C)C(=O)N[C@@H](CO)C(=O)N[C@@H](CCCN=C(N)N)C(=O)O. The molecular weight excluding hydrogens is 764 g/mol. The van der Waals surface area contributed by atoms with Crippen LogP contribution in [0.15, 0.2) is 4.99 Å². The molecule has 19 N–H and O–H groups in total. The number of carbonyl (C=O) groups is 8. The quantitative estimate of drug-likeness (QED) is 0.0183. The summed E-state index contributed by atoms with van der Waals surface area (Å²) in [4.78, 5) is 107. The molecule has 0 unspecified atom stereocenters. The molecule has 7 amide bonds. The molecule has 8 atom stereocenters. The van der Waals surface area contributed by atoms with Crippen molar-refractivity contribution in [3.05, 3.63) is 0 Å². The van der Waals surface area contributed by atoms with E-state index in [4.69, 9.17) is 28.7 Å². The summed E-state index contributed by atoms with van der Waals surface area (Å²) in [7, 11) is 0. The maximum absolute atomic E-state index is 13.5. The van der Waals surface area contributed by atoms with Gasteiger partial charge in [-0.3, -0.25) is 38.6 Å². The molecule has 0 radical (unpaired) electrons. The van der Waals surface area contributed by atoms with E-state index in [9.17, 15) is 53.7 Å². The number of guanidine groups is 1. The number of nitrogens with zero attached hydrogens (tertiary/aromatic N) is 1. The highest BCUT2D eigenvalue weighted by atomic mass is 16.4. The number of carboxylic acids is 1. The summed E-state index contributed by atoms with van der Waals surface area (Å²) in [6, 6.07) is -9.72. The van der Waals surface area contributed by atoms with Crippen molar-refractivity contribution in [1.82, 2.24) is 31.9 Å². The number of aliphatic carboxylic acids is 1. The second-order valence-corrected chi connectivity index (χ2v) is 14.3. The van der Waals surface area contributed by atoms with Gasteiger partial charge in [0.15, 0.2) is 5.96 Å². The first-order chi connectivity index (χ1) is 27.2. The van der Waals surface area contributed by atoms with Crippen molar-refractivity contribution >= 4 is 53.3 Å². The number of hydrogen-bond donors (Lipinski definition) is 14. The van der Waals surface area contributed by atoms with Gasteiger partial charge in [-0.25, -0.2) is 4.79 Å². The molecule has 23 nitrogen and oxygen atoms in total. The molecule has 0 fully saturated rings. The van der Waals surface area contributed by atoms with Crippen LogP contribution in [0, 0.1) is 11.8 Å². The van der Waals surface area contributed by atoms with E-state index in [-0.39, 0.29) is 62.9 Å². The Kier molecular flexibility index (Phi) is 25.8. The van der Waals surface area contributed by atoms with Gasteiger partial charge < -0.3 is 75.9 Å². The molecule has 58 heavy (non-hydrogen) atoms. The molecule has 0 aromatic carbocycles. The Balaban J connectivity index is 6.05. The third-order valence-electron chi connectivity index (χ3n) is 8.98. The molecule has 0 saturated heterocycles. The number of rotatable bonds is 30. The standard InChI is InChI=1S/C35H66N12O11/c1-5-19(4)27(38)33(56)43-20(9-6-7-13-36)28(51)42-21(11-12-26(37)50)29(52)46-25(17-49)32(55)45-23(15-18(2)3)30(53)47-24(16-48)31(54)44-22(34(57)58)10-8-14-41-35(39)40/h18-25,27,48-49H,5-17,36,38H2,1-4H3,(H2,37,50)(H,42,51)(H,43,56)(H,44,54)(H,45,55)(H,46,52)(H,47,53)(H,57,58)(H4,39,40,41)/t19-,20-,21-,22-,23-,24-,25-,27-/m0/s1. The van der Waals surface area contributed by atoms with E-state index in [0.717, 1.165) is 0 Å². The second-order valence-electron chi connectivity index (χ2n) is 14.3. The monoisotopic (exact) mass is 830 g/mol. The van der Waals surface area contributed by atoms with Crippen molar-refractivity contribution in [1.29, 1.82) is 0 Å². The normalized spacial score (nSPS) is 15.2. The molecule has 0 saturated carbocycles. The van der Waals surface area contributed by atoms with Crippen LogP contribution >= 0.6 is 0 Å². The van der Waals surface area contributed by atoms with Crippen LogP contribution < -0.4 is 60.6 Å². The van der Waals surface area contributed by atoms with Crippen LogP contribution in [0.4, 0.5) is 0 Å². The summed E-state index contributed by atoms with van der Waals surface area (Å²) in [5.74, 6) is -8.31. The molecule has 23 heteroatoms. The van der Waals surface area contributed by atoms with Gasteiger partial charge in [0.2, 0.25) is 41.4 Å². The molecular formula is C35H66N12O11. The first-order valence-corrected chi connectivity index (χ1v) is 19.3. The van der Waals surface area contributed by atoms with Crippen LogP contribution in [-0.2, 0) is 38.4 Å². The molecule has 0 aliphatic carbocycles. The van der Waals surface area contributed by atoms with E-state index >= 15 is 0 Å². The van der Waals surface area contributed by atoms with Gasteiger partial charge in [-0.15, -0.1) is 0 Å². The number of nitrogens with one attached hydrogen (secondary N) is 6. The van der Waals surface area contributed by atoms with Gasteiger partial charge in [0, 0.05) is 13.0 Å². The third kappa shape index (κ3) is 20.9. The Labute approximate surface area is 338 Å². The number of unbranched alkanes of at least 4 members (excludes halogenated alkanes) is 1. The number of aliphatic hydroxyl groups excluding tert-OH is 2. The van der Waals surface area contributed by atoms with Crippen molar-refractivity contribution in [2.24, 2.45) is 45.5 Å². The van der Waals surface area contributed by atoms with Crippen LogP contribution in [0.25, 0.3) is 0 Å². The zero-order chi connectivity index (χ0) is 44.5. The molecule has 0 aromatic rings. The van der Waals surface area contributed by atoms with E-state index in [0.29, 0.717) is 25.8 Å². The lowest BCUT2D eigenvalue weighted by Crippen LogP contribution is -2.61. The van der Waals surface area contributed by atoms with Crippen LogP contribution in [-0.4, -0.2) is 137 Å². The maximum atomic E-state index is 13.5. The first-order valence-electron chi connectivity index (χ1n) is 19.3. The minimum atomic E-state index is -1.70. The topological polar surface area (TPSA) is 412 Å². The summed E-state index contributed by atoms with van der Waals surface area (Å²) in [5, 5.41) is 43.8. The van der Waals surface area contributed by atoms with Crippen molar-refractivity contribution in [3.63, 3.8) is 0 Å². The number of aliphatic hydroxyl groups is 2. The molecule has 0 spiro atoms. The van der Waals surface area contributed by atoms with E-state index < -0.39 is 103 Å². The van der Waals surface area contributed by atoms with Crippen LogP contribution in [0.3, 0.4) is 0 Å². The number of nitrogens with two attached hydrogens (primary N) is 5. The van der Waals surface area contributed by atoms with Crippen LogP contribution in [0.1, 0.15) is 85.5 Å². The third-order valence-corrected chi connectivity index (χ3v) is 8.98. The van der Waals surface area contributed by atoms with Gasteiger partial charge in [0.1, 0.15) is 36.3 Å². The van der Waals surface area contributed by atoms with Gasteiger partial charge in [0.25, 0.3) is 0 Å². The van der Waals surface area contributed by atoms with Crippen molar-refractivity contribution in [3.8, 4) is 0 Å². The Morgan fingerprint density at radius 2 is 1.03 bits per heavy atom. The largest absolute Gasteiger partial charge is 0.480 e. The fourth-order valence-electron chi connectivity index (χ4n) is 5.31. The Bertz CT molecular complexity index is 1400. The van der Waals surface area contributed by atoms with E-state index in [2.05, 4.69) is 36.9 Å². The smallest absolute Gasteiger partial charge is 0.326 e. The lowest BCUT2D eigenvalue weighted by molar-refractivity contribution is -0.142. The summed E-state index contributed by atoms with van der Waals surface area (Å²) in [5.41, 5.74) is 27.5. The molecule has 0 rings (SSSR count). The Hall–Kier alpha value is -5.13. The Morgan fingerprint density at radius 1 is 0.603 bits per heavy atom. The average molecular weight is 831 g/mol. The molecule has 0 bridgehead atoms. The van der Waals surface area contributed by atoms with Crippen LogP contribution in [0.5, 0.6) is 0 Å². The van der Waals surface area contributed by atoms with Crippen molar-refractivity contribution < 1.29 is 53.7 Å². The number of aliphatic imine (C=N–C) groups is 1. The highest BCUT2D eigenvalue weighted by Crippen LogP contribution is 2.10. The van der Waals surface area contributed by atoms with Gasteiger partial charge in [-0.05, 0) is 63.3 Å². The predicted octanol–water partition coefficient (Wildman–Crippen LogP) is -5.17. The highest BCUT2D eigenvalue weighted by molar-refractivity contribution is 5.97. The minimum Gasteiger partial charge on any atom is -0.480 e.